The normalized spacial score (nSPS) is 14.1. The molecule has 0 spiro atoms. The summed E-state index contributed by atoms with van der Waals surface area (Å²) in [6, 6.07) is 0. The average Bonchev–Trinajstić information content (AvgIpc) is 2.23. The van der Waals surface area contributed by atoms with Crippen molar-refractivity contribution >= 4 is 60.8 Å². The van der Waals surface area contributed by atoms with Gasteiger partial charge < -0.3 is 24.9 Å². The van der Waals surface area contributed by atoms with E-state index < -0.39 is 49.1 Å². The van der Waals surface area contributed by atoms with Gasteiger partial charge in [-0.25, -0.2) is 0 Å². The van der Waals surface area contributed by atoms with Crippen LogP contribution in [-0.4, -0.2) is 60.8 Å². The van der Waals surface area contributed by atoms with Gasteiger partial charge in [-0.3, -0.25) is 0 Å². The zero-order valence-corrected chi connectivity index (χ0v) is 35.8. The summed E-state index contributed by atoms with van der Waals surface area (Å²) in [4.78, 5) is 9.24. The molecule has 0 aliphatic carbocycles. The molecule has 0 aromatic heterocycles. The summed E-state index contributed by atoms with van der Waals surface area (Å²) < 4.78 is 9.24. The molecule has 0 heterocycles. The molecule has 0 radical (unpaired) electrons. The molecule has 0 fully saturated rings. The summed E-state index contributed by atoms with van der Waals surface area (Å²) in [6.45, 7) is 45.3. The number of hydrogen-bond acceptors (Lipinski definition) is 2. The molecule has 0 bridgehead atoms. The fourth-order valence-electron chi connectivity index (χ4n) is 3.29. The van der Waals surface area contributed by atoms with Crippen molar-refractivity contribution in [2.45, 2.75) is 132 Å². The number of nitrogens with zero attached hydrogens (tertiary/aromatic N) is 4. The minimum Gasteiger partial charge on any atom is -0.476 e. The van der Waals surface area contributed by atoms with Crippen molar-refractivity contribution < 1.29 is 32.7 Å². The molecule has 11 heteroatoms. The van der Waals surface area contributed by atoms with E-state index in [1.165, 1.54) is 0 Å². The molecule has 0 aromatic rings. The summed E-state index contributed by atoms with van der Waals surface area (Å²) in [5, 5.41) is 0. The maximum atomic E-state index is 4.62. The van der Waals surface area contributed by atoms with E-state index in [1.807, 2.05) is 13.8 Å². The third kappa shape index (κ3) is 46.7. The van der Waals surface area contributed by atoms with Gasteiger partial charge in [0.15, 0.2) is 0 Å². The van der Waals surface area contributed by atoms with Crippen LogP contribution >= 0.6 is 0 Å². The van der Waals surface area contributed by atoms with Crippen LogP contribution in [0, 0.1) is 5.67 Å². The first kappa shape index (κ1) is 42.4. The first-order chi connectivity index (χ1) is 13.9. The topological polar surface area (TPSA) is 52.9 Å². The van der Waals surface area contributed by atoms with Gasteiger partial charge >= 0.3 is 32.7 Å². The molecule has 4 nitrogen and oxygen atoms in total. The van der Waals surface area contributed by atoms with E-state index in [1.54, 1.807) is 0 Å². The molecule has 0 unspecified atom stereocenters. The first-order valence-corrected chi connectivity index (χ1v) is 33.3. The van der Waals surface area contributed by atoms with Crippen LogP contribution in [0.4, 0.5) is 0 Å². The van der Waals surface area contributed by atoms with Crippen LogP contribution in [0.15, 0.2) is 9.32 Å². The largest absolute Gasteiger partial charge is 3.00 e. The second kappa shape index (κ2) is 16.3. The van der Waals surface area contributed by atoms with E-state index in [2.05, 4.69) is 143 Å². The Morgan fingerprint density at radius 1 is 0.471 bits per heavy atom. The van der Waals surface area contributed by atoms with Gasteiger partial charge in [0.2, 0.25) is 0 Å². The van der Waals surface area contributed by atoms with Gasteiger partial charge in [-0.1, -0.05) is 130 Å². The smallest absolute Gasteiger partial charge is 0.476 e. The molecule has 0 amide bonds. The SMILES string of the molecule is C/C(=N\[Si](C)(C)C)[N-][Si](C)(C)C.C/C(=N\[Si](C)(C)C)[N-][Si](C)(C)C.C[Si](C)(C)[CH-][Si](C)(C)C.[Y+3]. The van der Waals surface area contributed by atoms with Crippen molar-refractivity contribution in [2.75, 3.05) is 0 Å². The van der Waals surface area contributed by atoms with Gasteiger partial charge in [-0.2, -0.15) is 0 Å². The van der Waals surface area contributed by atoms with Crippen molar-refractivity contribution in [1.82, 2.24) is 0 Å². The van der Waals surface area contributed by atoms with Gasteiger partial charge in [0.1, 0.15) is 0 Å². The fraction of sp³-hybridized carbons (Fsp3) is 0.870. The van der Waals surface area contributed by atoms with Gasteiger partial charge in [-0.05, 0) is 13.8 Å². The summed E-state index contributed by atoms with van der Waals surface area (Å²) in [5.74, 6) is 2.02. The molecule has 0 aromatic carbocycles. The van der Waals surface area contributed by atoms with E-state index >= 15 is 0 Å². The zero-order valence-electron chi connectivity index (χ0n) is 26.9. The number of hydrogen-bond donors (Lipinski definition) is 0. The maximum Gasteiger partial charge on any atom is 3.00 e. The summed E-state index contributed by atoms with van der Waals surface area (Å²) in [5.41, 5.74) is 2.65. The van der Waals surface area contributed by atoms with Crippen LogP contribution in [0.3, 0.4) is 0 Å². The second-order valence-electron chi connectivity index (χ2n) is 15.1. The van der Waals surface area contributed by atoms with E-state index in [9.17, 15) is 0 Å². The van der Waals surface area contributed by atoms with Gasteiger partial charge in [-0.15, -0.1) is 16.1 Å². The van der Waals surface area contributed by atoms with Crippen molar-refractivity contribution in [1.29, 1.82) is 0 Å². The Morgan fingerprint density at radius 2 is 0.676 bits per heavy atom. The summed E-state index contributed by atoms with van der Waals surface area (Å²) in [7, 11) is -6.93. The standard InChI is InChI=1S/2C8H21N2Si2.C7H19Si2.Y/c2*1-8(9-11(2,3)4)10-12(5,6)7;1-8(2,3)7-9(4,5)6;/h2*1-7H3;7H,1-6H3;/q3*-1;+3. The molecule has 200 valence electrons. The minimum absolute atomic E-state index is 0. The number of rotatable bonds is 6. The molecule has 0 saturated heterocycles. The van der Waals surface area contributed by atoms with Crippen molar-refractivity contribution in [3.8, 4) is 0 Å². The molecule has 0 N–H and O–H groups in total. The van der Waals surface area contributed by atoms with Crippen LogP contribution in [0.2, 0.25) is 118 Å². The van der Waals surface area contributed by atoms with Crippen LogP contribution < -0.4 is 0 Å². The van der Waals surface area contributed by atoms with E-state index in [-0.39, 0.29) is 32.7 Å². The van der Waals surface area contributed by atoms with Crippen LogP contribution in [0.25, 0.3) is 9.96 Å². The van der Waals surface area contributed by atoms with Crippen molar-refractivity contribution in [3.05, 3.63) is 15.6 Å². The maximum absolute atomic E-state index is 4.62. The molecule has 0 aliphatic heterocycles. The van der Waals surface area contributed by atoms with E-state index in [0.717, 1.165) is 11.7 Å². The zero-order chi connectivity index (χ0) is 27.7. The molecular formula is C23H61N4Si6Y. The van der Waals surface area contributed by atoms with Gasteiger partial charge in [0.05, 0.1) is 0 Å². The Kier molecular flexibility index (Phi) is 20.4. The predicted molar refractivity (Wildman–Crippen MR) is 177 cm³/mol. The van der Waals surface area contributed by atoms with Crippen LogP contribution in [-0.2, 0) is 32.7 Å². The Morgan fingerprint density at radius 3 is 0.765 bits per heavy atom. The molecule has 0 atom stereocenters. The summed E-state index contributed by atoms with van der Waals surface area (Å²) >= 11 is 0. The fourth-order valence-corrected chi connectivity index (χ4v) is 18.0. The third-order valence-electron chi connectivity index (χ3n) is 2.85. The number of amidine groups is 2. The summed E-state index contributed by atoms with van der Waals surface area (Å²) in [6.07, 6.45) is 0. The molecule has 0 saturated carbocycles. The minimum atomic E-state index is -1.30. The average molecular weight is 651 g/mol. The van der Waals surface area contributed by atoms with Gasteiger partial charge in [0.25, 0.3) is 0 Å². The third-order valence-corrected chi connectivity index (χ3v) is 13.8. The molecule has 34 heavy (non-hydrogen) atoms. The van der Waals surface area contributed by atoms with Crippen molar-refractivity contribution in [3.63, 3.8) is 0 Å². The second-order valence-corrected chi connectivity index (χ2v) is 44.0. The van der Waals surface area contributed by atoms with Crippen LogP contribution in [0.5, 0.6) is 0 Å². The Bertz CT molecular complexity index is 558. The Balaban J connectivity index is -0.000000198. The van der Waals surface area contributed by atoms with E-state index in [4.69, 9.17) is 0 Å². The van der Waals surface area contributed by atoms with E-state index in [0.29, 0.717) is 0 Å². The van der Waals surface area contributed by atoms with Gasteiger partial charge in [0, 0.05) is 32.9 Å². The quantitative estimate of drug-likeness (QED) is 0.119. The molecule has 0 rings (SSSR count). The Labute approximate surface area is 248 Å². The Hall–Kier alpha value is 1.35. The predicted octanol–water partition coefficient (Wildman–Crippen LogP) is 9.84. The van der Waals surface area contributed by atoms with Crippen molar-refractivity contribution in [2.24, 2.45) is 9.32 Å². The first-order valence-electron chi connectivity index (χ1n) is 12.4. The molecule has 0 aliphatic rings. The van der Waals surface area contributed by atoms with Crippen LogP contribution in [0.1, 0.15) is 13.8 Å². The molecular weight excluding hydrogens is 590 g/mol. The monoisotopic (exact) mass is 650 g/mol.